The van der Waals surface area contributed by atoms with E-state index in [4.69, 9.17) is 0 Å². The highest BCUT2D eigenvalue weighted by Crippen LogP contribution is 2.01. The van der Waals surface area contributed by atoms with Crippen LogP contribution in [-0.2, 0) is 11.2 Å². The molecule has 1 aromatic rings. The third-order valence-electron chi connectivity index (χ3n) is 2.95. The van der Waals surface area contributed by atoms with Gasteiger partial charge in [-0.15, -0.1) is 0 Å². The Labute approximate surface area is 113 Å². The topological polar surface area (TPSA) is 65.5 Å². The van der Waals surface area contributed by atoms with Crippen molar-refractivity contribution in [3.05, 3.63) is 35.9 Å². The zero-order valence-electron chi connectivity index (χ0n) is 11.1. The van der Waals surface area contributed by atoms with Gasteiger partial charge >= 0.3 is 0 Å². The average molecular weight is 260 g/mol. The molecule has 1 aromatic carbocycles. The van der Waals surface area contributed by atoms with E-state index in [1.165, 1.54) is 5.56 Å². The number of nitrogens with one attached hydrogen (secondary N) is 3. The molecule has 3 N–H and O–H groups in total. The van der Waals surface area contributed by atoms with Crippen LogP contribution in [0.4, 0.5) is 0 Å². The van der Waals surface area contributed by atoms with Gasteiger partial charge in [0.2, 0.25) is 5.91 Å². The first-order chi connectivity index (χ1) is 9.24. The molecule has 0 bridgehead atoms. The fraction of sp³-hybridized carbons (Fsp3) is 0.429. The van der Waals surface area contributed by atoms with Crippen LogP contribution in [-0.4, -0.2) is 24.5 Å². The summed E-state index contributed by atoms with van der Waals surface area (Å²) < 4.78 is 0. The number of hydrogen-bond acceptors (Lipinski definition) is 4. The van der Waals surface area contributed by atoms with Crippen LogP contribution in [0.25, 0.3) is 0 Å². The highest BCUT2D eigenvalue weighted by Gasteiger charge is 2.21. The van der Waals surface area contributed by atoms with Crippen molar-refractivity contribution >= 4 is 12.1 Å². The molecule has 0 aliphatic carbocycles. The van der Waals surface area contributed by atoms with E-state index in [0.717, 1.165) is 12.8 Å². The maximum absolute atomic E-state index is 11.3. The summed E-state index contributed by atoms with van der Waals surface area (Å²) in [6.07, 6.45) is 3.90. The Balaban J connectivity index is 1.67. The largest absolute Gasteiger partial charge is 0.322 e. The van der Waals surface area contributed by atoms with Crippen molar-refractivity contribution in [3.63, 3.8) is 0 Å². The van der Waals surface area contributed by atoms with Crippen molar-refractivity contribution in [2.45, 2.75) is 38.5 Å². The molecule has 0 spiro atoms. The molecule has 2 rings (SSSR count). The summed E-state index contributed by atoms with van der Waals surface area (Å²) in [4.78, 5) is 11.3. The fourth-order valence-electron chi connectivity index (χ4n) is 2.02. The second-order valence-electron chi connectivity index (χ2n) is 4.74. The minimum atomic E-state index is -0.274. The third kappa shape index (κ3) is 4.71. The van der Waals surface area contributed by atoms with Gasteiger partial charge in [0.25, 0.3) is 0 Å². The van der Waals surface area contributed by atoms with E-state index in [1.807, 2.05) is 31.3 Å². The van der Waals surface area contributed by atoms with Crippen molar-refractivity contribution in [1.29, 1.82) is 0 Å². The van der Waals surface area contributed by atoms with Crippen LogP contribution in [0, 0.1) is 0 Å². The number of rotatable bonds is 5. The van der Waals surface area contributed by atoms with Gasteiger partial charge in [-0.1, -0.05) is 30.3 Å². The molecule has 0 aromatic heterocycles. The molecule has 5 heteroatoms. The molecule has 1 saturated heterocycles. The highest BCUT2D eigenvalue weighted by atomic mass is 16.2. The molecule has 5 nitrogen and oxygen atoms in total. The molecule has 0 radical (unpaired) electrons. The smallest absolute Gasteiger partial charge is 0.224 e. The lowest BCUT2D eigenvalue weighted by atomic mass is 10.1. The van der Waals surface area contributed by atoms with E-state index >= 15 is 0 Å². The second-order valence-corrected chi connectivity index (χ2v) is 4.74. The molecule has 1 amide bonds. The summed E-state index contributed by atoms with van der Waals surface area (Å²) in [6.45, 7) is 1.98. The van der Waals surface area contributed by atoms with Crippen LogP contribution < -0.4 is 16.1 Å². The Hall–Kier alpha value is -1.88. The van der Waals surface area contributed by atoms with E-state index in [-0.39, 0.29) is 18.2 Å². The average Bonchev–Trinajstić information content (AvgIpc) is 2.38. The normalized spacial score (nSPS) is 23.3. The number of carbonyl (C=O) groups excluding carboxylic acids is 1. The number of hydrazone groups is 1. The molecule has 1 fully saturated rings. The first-order valence-electron chi connectivity index (χ1n) is 6.60. The SMILES string of the molecule is CC1CC(=O)NC(N/N=C/CCc2ccccc2)N1. The van der Waals surface area contributed by atoms with Crippen LogP contribution >= 0.6 is 0 Å². The van der Waals surface area contributed by atoms with Crippen molar-refractivity contribution < 1.29 is 4.79 Å². The van der Waals surface area contributed by atoms with Crippen molar-refractivity contribution in [1.82, 2.24) is 16.1 Å². The minimum absolute atomic E-state index is 0.0447. The molecular formula is C14H20N4O. The standard InChI is InChI=1S/C14H20N4O/c1-11-10-13(19)17-14(16-11)18-15-9-5-8-12-6-3-2-4-7-12/h2-4,6-7,9,11,14,16,18H,5,8,10H2,1H3,(H,17,19)/b15-9+. The predicted octanol–water partition coefficient (Wildman–Crippen LogP) is 0.976. The summed E-state index contributed by atoms with van der Waals surface area (Å²) in [5.41, 5.74) is 4.19. The van der Waals surface area contributed by atoms with Gasteiger partial charge in [-0.2, -0.15) is 5.10 Å². The summed E-state index contributed by atoms with van der Waals surface area (Å²) in [7, 11) is 0. The van der Waals surface area contributed by atoms with Crippen LogP contribution in [0.2, 0.25) is 0 Å². The second kappa shape index (κ2) is 6.89. The Kier molecular flexibility index (Phi) is 4.92. The van der Waals surface area contributed by atoms with E-state index in [9.17, 15) is 4.79 Å². The zero-order valence-corrected chi connectivity index (χ0v) is 11.1. The maximum Gasteiger partial charge on any atom is 0.224 e. The number of benzene rings is 1. The minimum Gasteiger partial charge on any atom is -0.322 e. The summed E-state index contributed by atoms with van der Waals surface area (Å²) in [6, 6.07) is 10.5. The number of carbonyl (C=O) groups is 1. The molecule has 19 heavy (non-hydrogen) atoms. The zero-order chi connectivity index (χ0) is 13.5. The molecule has 1 heterocycles. The van der Waals surface area contributed by atoms with Crippen molar-refractivity contribution in [3.8, 4) is 0 Å². The van der Waals surface area contributed by atoms with Gasteiger partial charge in [0.05, 0.1) is 0 Å². The van der Waals surface area contributed by atoms with Crippen molar-refractivity contribution in [2.75, 3.05) is 0 Å². The van der Waals surface area contributed by atoms with Gasteiger partial charge < -0.3 is 5.32 Å². The monoisotopic (exact) mass is 260 g/mol. The van der Waals surface area contributed by atoms with Gasteiger partial charge in [0, 0.05) is 18.7 Å². The van der Waals surface area contributed by atoms with E-state index in [2.05, 4.69) is 33.3 Å². The summed E-state index contributed by atoms with van der Waals surface area (Å²) in [5, 5.41) is 10.1. The third-order valence-corrected chi connectivity index (χ3v) is 2.95. The Morgan fingerprint density at radius 3 is 2.95 bits per heavy atom. The molecular weight excluding hydrogens is 240 g/mol. The number of amides is 1. The van der Waals surface area contributed by atoms with E-state index in [0.29, 0.717) is 6.42 Å². The lowest BCUT2D eigenvalue weighted by Gasteiger charge is -2.28. The lowest BCUT2D eigenvalue weighted by molar-refractivity contribution is -0.124. The molecule has 2 atom stereocenters. The van der Waals surface area contributed by atoms with Crippen LogP contribution in [0.15, 0.2) is 35.4 Å². The van der Waals surface area contributed by atoms with Crippen LogP contribution in [0.5, 0.6) is 0 Å². The van der Waals surface area contributed by atoms with Gasteiger partial charge in [-0.25, -0.2) is 0 Å². The lowest BCUT2D eigenvalue weighted by Crippen LogP contribution is -2.60. The Morgan fingerprint density at radius 1 is 1.42 bits per heavy atom. The first-order valence-corrected chi connectivity index (χ1v) is 6.60. The van der Waals surface area contributed by atoms with Crippen molar-refractivity contribution in [2.24, 2.45) is 5.10 Å². The van der Waals surface area contributed by atoms with E-state index in [1.54, 1.807) is 0 Å². The number of aryl methyl sites for hydroxylation is 1. The van der Waals surface area contributed by atoms with Crippen LogP contribution in [0.3, 0.4) is 0 Å². The fourth-order valence-corrected chi connectivity index (χ4v) is 2.02. The predicted molar refractivity (Wildman–Crippen MR) is 75.5 cm³/mol. The van der Waals surface area contributed by atoms with Gasteiger partial charge in [0.15, 0.2) is 6.29 Å². The maximum atomic E-state index is 11.3. The molecule has 102 valence electrons. The highest BCUT2D eigenvalue weighted by molar-refractivity contribution is 5.77. The molecule has 2 unspecified atom stereocenters. The summed E-state index contributed by atoms with van der Waals surface area (Å²) in [5.74, 6) is 0.0447. The molecule has 1 aliphatic rings. The quantitative estimate of drug-likeness (QED) is 0.546. The number of nitrogens with zero attached hydrogens (tertiary/aromatic N) is 1. The van der Waals surface area contributed by atoms with E-state index < -0.39 is 0 Å². The van der Waals surface area contributed by atoms with Crippen LogP contribution in [0.1, 0.15) is 25.3 Å². The Bertz CT molecular complexity index is 432. The summed E-state index contributed by atoms with van der Waals surface area (Å²) >= 11 is 0. The molecule has 1 aliphatic heterocycles. The van der Waals surface area contributed by atoms with Gasteiger partial charge in [-0.05, 0) is 25.3 Å². The van der Waals surface area contributed by atoms with Gasteiger partial charge in [0.1, 0.15) is 0 Å². The Morgan fingerprint density at radius 2 is 2.21 bits per heavy atom. The number of hydrogen-bond donors (Lipinski definition) is 3. The van der Waals surface area contributed by atoms with Gasteiger partial charge in [-0.3, -0.25) is 15.5 Å². The first kappa shape index (κ1) is 13.5. The molecule has 0 saturated carbocycles.